The van der Waals surface area contributed by atoms with E-state index in [0.29, 0.717) is 0 Å². The van der Waals surface area contributed by atoms with Crippen molar-refractivity contribution in [1.82, 2.24) is 24.6 Å². The van der Waals surface area contributed by atoms with E-state index in [9.17, 15) is 0 Å². The normalized spacial score (nSPS) is 14.9. The number of hydrogen-bond acceptors (Lipinski definition) is 5. The molecule has 3 aromatic heterocycles. The summed E-state index contributed by atoms with van der Waals surface area (Å²) in [5.41, 5.74) is 13.6. The second kappa shape index (κ2) is 6.68. The fraction of sp³-hybridized carbons (Fsp3) is 0.200. The molecule has 0 spiro atoms. The van der Waals surface area contributed by atoms with E-state index in [1.165, 1.54) is 5.56 Å². The van der Waals surface area contributed by atoms with Crippen molar-refractivity contribution in [2.45, 2.75) is 31.7 Å². The van der Waals surface area contributed by atoms with Crippen molar-refractivity contribution in [3.8, 4) is 22.5 Å². The summed E-state index contributed by atoms with van der Waals surface area (Å²) in [6, 6.07) is 22.6. The highest BCUT2D eigenvalue weighted by molar-refractivity contribution is 5.86. The highest BCUT2D eigenvalue weighted by Gasteiger charge is 2.39. The van der Waals surface area contributed by atoms with Gasteiger partial charge < -0.3 is 5.73 Å². The Morgan fingerprint density at radius 3 is 2.26 bits per heavy atom. The van der Waals surface area contributed by atoms with Gasteiger partial charge in [0.05, 0.1) is 11.4 Å². The molecule has 0 radical (unpaired) electrons. The van der Waals surface area contributed by atoms with Gasteiger partial charge in [-0.15, -0.1) is 10.2 Å². The largest absolute Gasteiger partial charge is 0.321 e. The Kier molecular flexibility index (Phi) is 3.91. The molecule has 0 unspecified atom stereocenters. The van der Waals surface area contributed by atoms with E-state index in [2.05, 4.69) is 53.5 Å². The first-order valence-corrected chi connectivity index (χ1v) is 10.7. The van der Waals surface area contributed by atoms with Crippen molar-refractivity contribution in [3.05, 3.63) is 78.1 Å². The van der Waals surface area contributed by atoms with E-state index in [-0.39, 0.29) is 5.54 Å². The second-order valence-electron chi connectivity index (χ2n) is 8.23. The van der Waals surface area contributed by atoms with Gasteiger partial charge in [-0.2, -0.15) is 0 Å². The van der Waals surface area contributed by atoms with Crippen LogP contribution in [-0.4, -0.2) is 24.6 Å². The lowest BCUT2D eigenvalue weighted by molar-refractivity contribution is 0.740. The number of fused-ring (bicyclic) bond motifs is 3. The molecule has 6 rings (SSSR count). The zero-order valence-corrected chi connectivity index (χ0v) is 17.3. The Bertz CT molecular complexity index is 1420. The number of nitrogens with zero attached hydrogens (tertiary/aromatic N) is 5. The van der Waals surface area contributed by atoms with E-state index >= 15 is 0 Å². The number of pyridine rings is 1. The Balaban J connectivity index is 1.63. The number of nitrogens with two attached hydrogens (primary N) is 1. The van der Waals surface area contributed by atoms with Crippen molar-refractivity contribution >= 4 is 16.8 Å². The van der Waals surface area contributed by atoms with Gasteiger partial charge in [0.2, 0.25) is 0 Å². The fourth-order valence-corrected chi connectivity index (χ4v) is 4.15. The predicted molar refractivity (Wildman–Crippen MR) is 121 cm³/mol. The van der Waals surface area contributed by atoms with Gasteiger partial charge in [0.15, 0.2) is 11.3 Å². The summed E-state index contributed by atoms with van der Waals surface area (Å²) in [5.74, 6) is 0.877. The molecule has 3 heterocycles. The summed E-state index contributed by atoms with van der Waals surface area (Å²) >= 11 is 0. The number of aromatic nitrogens is 5. The first kappa shape index (κ1) is 18.2. The maximum atomic E-state index is 6.39. The zero-order valence-electron chi connectivity index (χ0n) is 17.3. The molecule has 6 nitrogen and oxygen atoms in total. The Morgan fingerprint density at radius 1 is 0.839 bits per heavy atom. The van der Waals surface area contributed by atoms with Crippen LogP contribution in [0.5, 0.6) is 0 Å². The molecule has 1 aliphatic carbocycles. The molecular weight excluding hydrogens is 384 g/mol. The van der Waals surface area contributed by atoms with Gasteiger partial charge in [-0.1, -0.05) is 61.5 Å². The van der Waals surface area contributed by atoms with Gasteiger partial charge in [-0.25, -0.2) is 9.97 Å². The minimum Gasteiger partial charge on any atom is -0.321 e. The third-order valence-corrected chi connectivity index (χ3v) is 6.15. The third-order valence-electron chi connectivity index (χ3n) is 6.15. The number of rotatable bonds is 4. The quantitative estimate of drug-likeness (QED) is 0.475. The minimum atomic E-state index is -0.152. The summed E-state index contributed by atoms with van der Waals surface area (Å²) < 4.78 is 2.01. The van der Waals surface area contributed by atoms with Crippen LogP contribution < -0.4 is 5.73 Å². The van der Waals surface area contributed by atoms with E-state index in [0.717, 1.165) is 64.4 Å². The van der Waals surface area contributed by atoms with Crippen LogP contribution in [-0.2, 0) is 12.0 Å². The fourth-order valence-electron chi connectivity index (χ4n) is 4.15. The Hall–Kier alpha value is -3.64. The zero-order chi connectivity index (χ0) is 21.0. The van der Waals surface area contributed by atoms with Crippen LogP contribution in [0, 0.1) is 0 Å². The smallest absolute Gasteiger partial charge is 0.166 e. The van der Waals surface area contributed by atoms with Gasteiger partial charge in [-0.3, -0.25) is 4.40 Å². The third kappa shape index (κ3) is 2.91. The van der Waals surface area contributed by atoms with E-state index in [4.69, 9.17) is 15.7 Å². The Labute approximate surface area is 179 Å². The van der Waals surface area contributed by atoms with Crippen LogP contribution in [0.3, 0.4) is 0 Å². The second-order valence-corrected chi connectivity index (χ2v) is 8.23. The molecule has 1 saturated carbocycles. The van der Waals surface area contributed by atoms with Crippen molar-refractivity contribution in [2.75, 3.05) is 0 Å². The molecule has 6 heteroatoms. The molecule has 5 aromatic rings. The van der Waals surface area contributed by atoms with Gasteiger partial charge in [0.25, 0.3) is 0 Å². The maximum absolute atomic E-state index is 6.39. The molecular formula is C25H22N6. The predicted octanol–water partition coefficient (Wildman–Crippen LogP) is 4.52. The highest BCUT2D eigenvalue weighted by Crippen LogP contribution is 2.43. The van der Waals surface area contributed by atoms with Crippen LogP contribution in [0.1, 0.15) is 31.2 Å². The average molecular weight is 406 g/mol. The van der Waals surface area contributed by atoms with Gasteiger partial charge in [-0.05, 0) is 30.5 Å². The monoisotopic (exact) mass is 406 g/mol. The summed E-state index contributed by atoms with van der Waals surface area (Å²) in [6.45, 7) is 2.07. The first-order valence-electron chi connectivity index (χ1n) is 10.7. The standard InChI is InChI=1S/C25H22N6/c1-2-20-29-30-21-13-12-19-24(31(20)21)28-23(22(27-19)16-6-4-3-5-7-16)17-8-10-18(11-9-17)25(26)14-15-25/h3-13H,2,14-15,26H2,1H3. The molecule has 0 saturated heterocycles. The highest BCUT2D eigenvalue weighted by atomic mass is 15.3. The van der Waals surface area contributed by atoms with Gasteiger partial charge in [0.1, 0.15) is 11.3 Å². The topological polar surface area (TPSA) is 82.0 Å². The molecule has 2 aromatic carbocycles. The molecule has 0 bridgehead atoms. The molecule has 0 aliphatic heterocycles. The SMILES string of the molecule is CCc1nnc2ccc3nc(-c4ccccc4)c(-c4ccc(C5(N)CC5)cc4)nc3n12. The van der Waals surface area contributed by atoms with Crippen LogP contribution in [0.25, 0.3) is 39.3 Å². The first-order chi connectivity index (χ1) is 15.2. The van der Waals surface area contributed by atoms with E-state index in [1.807, 2.05) is 34.7 Å². The molecule has 0 atom stereocenters. The Morgan fingerprint density at radius 2 is 1.55 bits per heavy atom. The molecule has 152 valence electrons. The molecule has 2 N–H and O–H groups in total. The summed E-state index contributed by atoms with van der Waals surface area (Å²) in [6.07, 6.45) is 2.86. The number of aryl methyl sites for hydroxylation is 1. The lowest BCUT2D eigenvalue weighted by Crippen LogP contribution is -2.18. The molecule has 1 aliphatic rings. The molecule has 0 amide bonds. The van der Waals surface area contributed by atoms with Crippen LogP contribution >= 0.6 is 0 Å². The van der Waals surface area contributed by atoms with Gasteiger partial charge in [0, 0.05) is 23.1 Å². The lowest BCUT2D eigenvalue weighted by Gasteiger charge is -2.13. The number of hydrogen-bond donors (Lipinski definition) is 1. The minimum absolute atomic E-state index is 0.152. The van der Waals surface area contributed by atoms with Crippen molar-refractivity contribution in [3.63, 3.8) is 0 Å². The lowest BCUT2D eigenvalue weighted by atomic mass is 10.00. The van der Waals surface area contributed by atoms with Crippen molar-refractivity contribution < 1.29 is 0 Å². The van der Waals surface area contributed by atoms with Crippen LogP contribution in [0.15, 0.2) is 66.7 Å². The summed E-state index contributed by atoms with van der Waals surface area (Å²) in [4.78, 5) is 10.2. The maximum Gasteiger partial charge on any atom is 0.166 e. The van der Waals surface area contributed by atoms with Crippen molar-refractivity contribution in [2.24, 2.45) is 5.73 Å². The van der Waals surface area contributed by atoms with E-state index in [1.54, 1.807) is 0 Å². The molecule has 31 heavy (non-hydrogen) atoms. The number of benzene rings is 2. The van der Waals surface area contributed by atoms with Crippen LogP contribution in [0.2, 0.25) is 0 Å². The molecule has 1 fully saturated rings. The van der Waals surface area contributed by atoms with E-state index < -0.39 is 0 Å². The summed E-state index contributed by atoms with van der Waals surface area (Å²) in [7, 11) is 0. The average Bonchev–Trinajstić information content (AvgIpc) is 3.43. The van der Waals surface area contributed by atoms with Crippen LogP contribution in [0.4, 0.5) is 0 Å². The summed E-state index contributed by atoms with van der Waals surface area (Å²) in [5, 5.41) is 8.62. The van der Waals surface area contributed by atoms with Gasteiger partial charge >= 0.3 is 0 Å². The van der Waals surface area contributed by atoms with Crippen molar-refractivity contribution in [1.29, 1.82) is 0 Å².